The smallest absolute Gasteiger partial charge is 0.418 e. The molecule has 0 amide bonds. The summed E-state index contributed by atoms with van der Waals surface area (Å²) in [6, 6.07) is 17.4. The van der Waals surface area contributed by atoms with Crippen molar-refractivity contribution in [2.24, 2.45) is 0 Å². The number of hydrogen-bond acceptors (Lipinski definition) is 4. The van der Waals surface area contributed by atoms with Gasteiger partial charge in [0.05, 0.1) is 25.3 Å². The SMILES string of the molecule is COc1cc(CNc2cccc(-c3c(C)cnc4c(C(F)(F)F)cccc34)c2)cc(OC)c1. The molecule has 4 rings (SSSR count). The fraction of sp³-hybridized carbons (Fsp3) is 0.192. The normalized spacial score (nSPS) is 11.5. The van der Waals surface area contributed by atoms with Crippen molar-refractivity contribution in [2.75, 3.05) is 19.5 Å². The number of aryl methyl sites for hydroxylation is 1. The first-order valence-electron chi connectivity index (χ1n) is 10.3. The van der Waals surface area contributed by atoms with Crippen molar-refractivity contribution in [1.82, 2.24) is 4.98 Å². The molecule has 4 aromatic rings. The zero-order valence-corrected chi connectivity index (χ0v) is 18.5. The number of methoxy groups -OCH3 is 2. The van der Waals surface area contributed by atoms with E-state index in [1.165, 1.54) is 12.3 Å². The van der Waals surface area contributed by atoms with Gasteiger partial charge in [0.25, 0.3) is 0 Å². The fourth-order valence-electron chi connectivity index (χ4n) is 3.89. The van der Waals surface area contributed by atoms with Gasteiger partial charge < -0.3 is 14.8 Å². The van der Waals surface area contributed by atoms with Crippen LogP contribution in [0.3, 0.4) is 0 Å². The summed E-state index contributed by atoms with van der Waals surface area (Å²) in [7, 11) is 3.20. The van der Waals surface area contributed by atoms with Crippen molar-refractivity contribution >= 4 is 16.6 Å². The van der Waals surface area contributed by atoms with E-state index in [9.17, 15) is 13.2 Å². The van der Waals surface area contributed by atoms with Crippen molar-refractivity contribution in [3.05, 3.63) is 83.6 Å². The van der Waals surface area contributed by atoms with Crippen LogP contribution in [0.1, 0.15) is 16.7 Å². The Balaban J connectivity index is 1.70. The molecule has 0 atom stereocenters. The second-order valence-corrected chi connectivity index (χ2v) is 7.67. The molecule has 7 heteroatoms. The molecule has 1 aromatic heterocycles. The van der Waals surface area contributed by atoms with Gasteiger partial charge in [0.2, 0.25) is 0 Å². The van der Waals surface area contributed by atoms with Gasteiger partial charge in [-0.1, -0.05) is 24.3 Å². The molecule has 0 bridgehead atoms. The summed E-state index contributed by atoms with van der Waals surface area (Å²) in [5, 5.41) is 3.84. The number of aromatic nitrogens is 1. The molecule has 33 heavy (non-hydrogen) atoms. The van der Waals surface area contributed by atoms with Crippen LogP contribution in [0.15, 0.2) is 66.9 Å². The lowest BCUT2D eigenvalue weighted by atomic mass is 9.95. The largest absolute Gasteiger partial charge is 0.497 e. The Labute approximate surface area is 190 Å². The van der Waals surface area contributed by atoms with E-state index < -0.39 is 11.7 Å². The molecule has 1 N–H and O–H groups in total. The molecule has 0 aliphatic carbocycles. The predicted molar refractivity (Wildman–Crippen MR) is 124 cm³/mol. The number of rotatable bonds is 6. The third kappa shape index (κ3) is 4.72. The monoisotopic (exact) mass is 452 g/mol. The molecule has 170 valence electrons. The van der Waals surface area contributed by atoms with Crippen LogP contribution in [0.4, 0.5) is 18.9 Å². The van der Waals surface area contributed by atoms with Crippen molar-refractivity contribution in [3.8, 4) is 22.6 Å². The lowest BCUT2D eigenvalue weighted by Crippen LogP contribution is -2.07. The number of ether oxygens (including phenoxy) is 2. The zero-order valence-electron chi connectivity index (χ0n) is 18.5. The van der Waals surface area contributed by atoms with E-state index in [-0.39, 0.29) is 5.52 Å². The van der Waals surface area contributed by atoms with Crippen LogP contribution < -0.4 is 14.8 Å². The topological polar surface area (TPSA) is 43.4 Å². The molecule has 0 unspecified atom stereocenters. The summed E-state index contributed by atoms with van der Waals surface area (Å²) in [6.07, 6.45) is -2.98. The minimum Gasteiger partial charge on any atom is -0.497 e. The van der Waals surface area contributed by atoms with Gasteiger partial charge in [-0.2, -0.15) is 13.2 Å². The summed E-state index contributed by atoms with van der Waals surface area (Å²) in [6.45, 7) is 2.37. The third-order valence-electron chi connectivity index (χ3n) is 5.45. The Hall–Kier alpha value is -3.74. The summed E-state index contributed by atoms with van der Waals surface area (Å²) in [5.41, 5.74) is 3.37. The average Bonchev–Trinajstić information content (AvgIpc) is 2.81. The molecular formula is C26H23F3N2O2. The molecule has 4 nitrogen and oxygen atoms in total. The first kappa shape index (κ1) is 22.5. The Bertz CT molecular complexity index is 1280. The number of hydrogen-bond donors (Lipinski definition) is 1. The Morgan fingerprint density at radius 1 is 0.909 bits per heavy atom. The minimum atomic E-state index is -4.47. The zero-order chi connectivity index (χ0) is 23.6. The number of para-hydroxylation sites is 1. The second-order valence-electron chi connectivity index (χ2n) is 7.67. The van der Waals surface area contributed by atoms with E-state index in [1.54, 1.807) is 26.4 Å². The molecule has 0 radical (unpaired) electrons. The number of nitrogens with zero attached hydrogens (tertiary/aromatic N) is 1. The van der Waals surface area contributed by atoms with E-state index in [2.05, 4.69) is 10.3 Å². The van der Waals surface area contributed by atoms with Crippen molar-refractivity contribution < 1.29 is 22.6 Å². The van der Waals surface area contributed by atoms with Crippen molar-refractivity contribution in [2.45, 2.75) is 19.6 Å². The quantitative estimate of drug-likeness (QED) is 0.347. The maximum Gasteiger partial charge on any atom is 0.418 e. The van der Waals surface area contributed by atoms with Crippen LogP contribution >= 0.6 is 0 Å². The Morgan fingerprint density at radius 2 is 1.61 bits per heavy atom. The highest BCUT2D eigenvalue weighted by molar-refractivity contribution is 5.98. The number of nitrogens with one attached hydrogen (secondary N) is 1. The van der Waals surface area contributed by atoms with Gasteiger partial charge in [0.15, 0.2) is 0 Å². The van der Waals surface area contributed by atoms with Crippen LogP contribution in [0.25, 0.3) is 22.0 Å². The minimum absolute atomic E-state index is 0.0487. The molecule has 0 saturated heterocycles. The maximum atomic E-state index is 13.5. The maximum absolute atomic E-state index is 13.5. The van der Waals surface area contributed by atoms with Crippen LogP contribution in [-0.2, 0) is 12.7 Å². The van der Waals surface area contributed by atoms with E-state index >= 15 is 0 Å². The summed E-state index contributed by atoms with van der Waals surface area (Å²) >= 11 is 0. The summed E-state index contributed by atoms with van der Waals surface area (Å²) in [4.78, 5) is 4.11. The number of alkyl halides is 3. The second kappa shape index (κ2) is 9.02. The Kier molecular flexibility index (Phi) is 6.14. The van der Waals surface area contributed by atoms with Crippen molar-refractivity contribution in [1.29, 1.82) is 0 Å². The standard InChI is InChI=1S/C26H23F3N2O2/c1-16-14-31-25-22(8-5-9-23(25)26(27,28)29)24(16)18-6-4-7-19(12-18)30-15-17-10-20(32-2)13-21(11-17)33-3/h4-14,30H,15H2,1-3H3. The predicted octanol–water partition coefficient (Wildman–Crippen LogP) is 6.86. The van der Waals surface area contributed by atoms with Gasteiger partial charge >= 0.3 is 6.18 Å². The average molecular weight is 452 g/mol. The van der Waals surface area contributed by atoms with Gasteiger partial charge in [-0.05, 0) is 59.5 Å². The molecule has 3 aromatic carbocycles. The lowest BCUT2D eigenvalue weighted by molar-refractivity contribution is -0.136. The fourth-order valence-corrected chi connectivity index (χ4v) is 3.89. The van der Waals surface area contributed by atoms with Crippen LogP contribution in [0, 0.1) is 6.92 Å². The number of halogens is 3. The summed E-state index contributed by atoms with van der Waals surface area (Å²) in [5.74, 6) is 1.39. The van der Waals surface area contributed by atoms with Crippen molar-refractivity contribution in [3.63, 3.8) is 0 Å². The van der Waals surface area contributed by atoms with Gasteiger partial charge in [0.1, 0.15) is 11.5 Å². The van der Waals surface area contributed by atoms with Gasteiger partial charge in [-0.15, -0.1) is 0 Å². The van der Waals surface area contributed by atoms with E-state index in [0.29, 0.717) is 23.4 Å². The number of pyridine rings is 1. The molecule has 0 spiro atoms. The third-order valence-corrected chi connectivity index (χ3v) is 5.45. The molecule has 0 saturated carbocycles. The van der Waals surface area contributed by atoms with E-state index in [1.807, 2.05) is 43.3 Å². The molecule has 0 aliphatic rings. The van der Waals surface area contributed by atoms with E-state index in [0.717, 1.165) is 34.0 Å². The molecule has 1 heterocycles. The summed E-state index contributed by atoms with van der Waals surface area (Å²) < 4.78 is 51.2. The number of fused-ring (bicyclic) bond motifs is 1. The van der Waals surface area contributed by atoms with Gasteiger partial charge in [0, 0.05) is 29.9 Å². The van der Waals surface area contributed by atoms with Crippen LogP contribution in [0.2, 0.25) is 0 Å². The molecule has 0 aliphatic heterocycles. The highest BCUT2D eigenvalue weighted by atomic mass is 19.4. The molecular weight excluding hydrogens is 429 g/mol. The highest BCUT2D eigenvalue weighted by Crippen LogP contribution is 2.38. The number of anilines is 1. The molecule has 0 fully saturated rings. The van der Waals surface area contributed by atoms with E-state index in [4.69, 9.17) is 9.47 Å². The first-order valence-corrected chi connectivity index (χ1v) is 10.3. The van der Waals surface area contributed by atoms with Crippen LogP contribution in [0.5, 0.6) is 11.5 Å². The highest BCUT2D eigenvalue weighted by Gasteiger charge is 2.33. The first-order chi connectivity index (χ1) is 15.8. The van der Waals surface area contributed by atoms with Crippen LogP contribution in [-0.4, -0.2) is 19.2 Å². The Morgan fingerprint density at radius 3 is 2.27 bits per heavy atom. The van der Waals surface area contributed by atoms with Gasteiger partial charge in [-0.3, -0.25) is 4.98 Å². The van der Waals surface area contributed by atoms with Gasteiger partial charge in [-0.25, -0.2) is 0 Å². The lowest BCUT2D eigenvalue weighted by Gasteiger charge is -2.15. The number of benzene rings is 3.